The number of methoxy groups -OCH3 is 1. The molecule has 0 amide bonds. The van der Waals surface area contributed by atoms with Crippen LogP contribution in [0.25, 0.3) is 0 Å². The molecule has 20 heavy (non-hydrogen) atoms. The predicted octanol–water partition coefficient (Wildman–Crippen LogP) is 1.05. The van der Waals surface area contributed by atoms with E-state index in [4.69, 9.17) is 14.2 Å². The van der Waals surface area contributed by atoms with Crippen LogP contribution in [-0.4, -0.2) is 36.3 Å². The van der Waals surface area contributed by atoms with Gasteiger partial charge in [0.2, 0.25) is 5.43 Å². The molecule has 3 atom stereocenters. The third kappa shape index (κ3) is 1.84. The van der Waals surface area contributed by atoms with E-state index in [2.05, 4.69) is 15.9 Å². The Kier molecular flexibility index (Phi) is 3.40. The molecule has 0 aromatic carbocycles. The number of ether oxygens (including phenoxy) is 3. The summed E-state index contributed by atoms with van der Waals surface area (Å²) in [6.45, 7) is 3.05. The number of fused-ring (bicyclic) bond motifs is 2. The van der Waals surface area contributed by atoms with Gasteiger partial charge < -0.3 is 23.9 Å². The molecule has 3 heterocycles. The number of hydrogen-bond acceptors (Lipinski definition) is 5. The van der Waals surface area contributed by atoms with Crippen molar-refractivity contribution in [2.45, 2.75) is 25.7 Å². The van der Waals surface area contributed by atoms with Crippen molar-refractivity contribution in [3.05, 3.63) is 26.6 Å². The number of hydrogen-bond donors (Lipinski definition) is 1. The van der Waals surface area contributed by atoms with Crippen molar-refractivity contribution in [3.8, 4) is 5.75 Å². The molecule has 1 N–H and O–H groups in total. The summed E-state index contributed by atoms with van der Waals surface area (Å²) in [4.78, 5) is 12.1. The van der Waals surface area contributed by atoms with Crippen molar-refractivity contribution in [3.63, 3.8) is 0 Å². The number of nitrogens with zero attached hydrogens (tertiary/aromatic N) is 1. The Morgan fingerprint density at radius 1 is 1.60 bits per heavy atom. The number of aliphatic hydroxyl groups excluding tert-OH is 1. The molecule has 3 rings (SSSR count). The lowest BCUT2D eigenvalue weighted by Crippen LogP contribution is -2.53. The fourth-order valence-electron chi connectivity index (χ4n) is 2.93. The quantitative estimate of drug-likeness (QED) is 0.823. The highest BCUT2D eigenvalue weighted by molar-refractivity contribution is 9.10. The van der Waals surface area contributed by atoms with Crippen molar-refractivity contribution in [1.29, 1.82) is 0 Å². The molecule has 1 aromatic rings. The van der Waals surface area contributed by atoms with Crippen LogP contribution >= 0.6 is 15.9 Å². The average Bonchev–Trinajstić information content (AvgIpc) is 2.43. The smallest absolute Gasteiger partial charge is 0.237 e. The zero-order chi connectivity index (χ0) is 14.5. The summed E-state index contributed by atoms with van der Waals surface area (Å²) in [5.41, 5.74) is -0.378. The highest BCUT2D eigenvalue weighted by atomic mass is 79.9. The largest absolute Gasteiger partial charge is 0.491 e. The molecule has 1 fully saturated rings. The van der Waals surface area contributed by atoms with Gasteiger partial charge in [-0.15, -0.1) is 0 Å². The van der Waals surface area contributed by atoms with Crippen molar-refractivity contribution in [2.75, 3.05) is 20.5 Å². The van der Waals surface area contributed by atoms with E-state index in [0.717, 1.165) is 0 Å². The monoisotopic (exact) mass is 345 g/mol. The summed E-state index contributed by atoms with van der Waals surface area (Å²) in [5, 5.41) is 10.7. The van der Waals surface area contributed by atoms with Gasteiger partial charge in [-0.1, -0.05) is 6.92 Å². The molecule has 7 heteroatoms. The van der Waals surface area contributed by atoms with Gasteiger partial charge >= 0.3 is 0 Å². The lowest BCUT2D eigenvalue weighted by molar-refractivity contribution is -0.245. The van der Waals surface area contributed by atoms with Crippen LogP contribution in [-0.2, 0) is 16.0 Å². The maximum atomic E-state index is 12.1. The van der Waals surface area contributed by atoms with Crippen LogP contribution in [0.5, 0.6) is 5.75 Å². The molecule has 0 bridgehead atoms. The Morgan fingerprint density at radius 3 is 3.05 bits per heavy atom. The van der Waals surface area contributed by atoms with Gasteiger partial charge in [-0.2, -0.15) is 0 Å². The molecule has 6 nitrogen and oxygen atoms in total. The third-order valence-corrected chi connectivity index (χ3v) is 4.75. The van der Waals surface area contributed by atoms with Crippen LogP contribution in [0.4, 0.5) is 0 Å². The molecule has 0 spiro atoms. The van der Waals surface area contributed by atoms with Gasteiger partial charge in [0.05, 0.1) is 35.4 Å². The SMILES string of the molecule is COc1c2n(cc(Br)c1=O)CC1OCOCC1(C)C2O. The van der Waals surface area contributed by atoms with Gasteiger partial charge in [0, 0.05) is 12.7 Å². The van der Waals surface area contributed by atoms with Crippen LogP contribution in [0.1, 0.15) is 18.7 Å². The first kappa shape index (κ1) is 14.1. The van der Waals surface area contributed by atoms with E-state index in [1.807, 2.05) is 11.5 Å². The van der Waals surface area contributed by atoms with Gasteiger partial charge in [0.1, 0.15) is 12.9 Å². The normalized spacial score (nSPS) is 32.4. The minimum atomic E-state index is -0.891. The first-order valence-electron chi connectivity index (χ1n) is 6.33. The summed E-state index contributed by atoms with van der Waals surface area (Å²) in [7, 11) is 1.43. The number of aliphatic hydroxyl groups is 1. The molecule has 1 aromatic heterocycles. The molecule has 2 aliphatic heterocycles. The van der Waals surface area contributed by atoms with Crippen molar-refractivity contribution in [2.24, 2.45) is 5.41 Å². The highest BCUT2D eigenvalue weighted by Crippen LogP contribution is 2.46. The maximum Gasteiger partial charge on any atom is 0.237 e. The second kappa shape index (κ2) is 4.84. The molecule has 0 saturated carbocycles. The number of halogens is 1. The summed E-state index contributed by atoms with van der Waals surface area (Å²) in [6, 6.07) is 0. The zero-order valence-corrected chi connectivity index (χ0v) is 12.8. The molecule has 0 radical (unpaired) electrons. The topological polar surface area (TPSA) is 69.9 Å². The first-order valence-corrected chi connectivity index (χ1v) is 7.12. The van der Waals surface area contributed by atoms with Crippen molar-refractivity contribution in [1.82, 2.24) is 4.57 Å². The lowest BCUT2D eigenvalue weighted by atomic mass is 9.74. The summed E-state index contributed by atoms with van der Waals surface area (Å²) in [5.74, 6) is 0.164. The van der Waals surface area contributed by atoms with Crippen molar-refractivity contribution >= 4 is 15.9 Å². The van der Waals surface area contributed by atoms with E-state index in [-0.39, 0.29) is 24.1 Å². The van der Waals surface area contributed by atoms with E-state index >= 15 is 0 Å². The Labute approximate surface area is 124 Å². The molecule has 2 aliphatic rings. The maximum absolute atomic E-state index is 12.1. The Hall–Kier alpha value is -0.890. The zero-order valence-electron chi connectivity index (χ0n) is 11.3. The third-order valence-electron chi connectivity index (χ3n) is 4.19. The summed E-state index contributed by atoms with van der Waals surface area (Å²) in [6.07, 6.45) is 0.608. The molecule has 110 valence electrons. The number of rotatable bonds is 1. The van der Waals surface area contributed by atoms with Crippen LogP contribution in [0.15, 0.2) is 15.5 Å². The fourth-order valence-corrected chi connectivity index (χ4v) is 3.36. The highest BCUT2D eigenvalue weighted by Gasteiger charge is 2.50. The van der Waals surface area contributed by atoms with Crippen LogP contribution in [0.2, 0.25) is 0 Å². The molecular weight excluding hydrogens is 330 g/mol. The fraction of sp³-hybridized carbons (Fsp3) is 0.615. The van der Waals surface area contributed by atoms with Gasteiger partial charge in [-0.3, -0.25) is 4.79 Å². The van der Waals surface area contributed by atoms with Gasteiger partial charge in [-0.25, -0.2) is 0 Å². The van der Waals surface area contributed by atoms with E-state index in [1.165, 1.54) is 7.11 Å². The standard InChI is InChI=1S/C13H16BrNO5/c1-13-5-19-6-20-8(13)4-15-3-7(14)10(16)11(18-2)9(15)12(13)17/h3,8,12,17H,4-6H2,1-2H3. The van der Waals surface area contributed by atoms with Crippen LogP contribution in [0.3, 0.4) is 0 Å². The number of aromatic nitrogens is 1. The second-order valence-electron chi connectivity index (χ2n) is 5.41. The minimum Gasteiger partial charge on any atom is -0.491 e. The molecular formula is C13H16BrNO5. The summed E-state index contributed by atoms with van der Waals surface area (Å²) >= 11 is 3.23. The summed E-state index contributed by atoms with van der Waals surface area (Å²) < 4.78 is 18.4. The van der Waals surface area contributed by atoms with E-state index in [0.29, 0.717) is 23.3 Å². The minimum absolute atomic E-state index is 0.164. The van der Waals surface area contributed by atoms with Crippen LogP contribution < -0.4 is 10.2 Å². The number of pyridine rings is 1. The van der Waals surface area contributed by atoms with Gasteiger partial charge in [-0.05, 0) is 15.9 Å². The van der Waals surface area contributed by atoms with E-state index < -0.39 is 11.5 Å². The molecule has 3 unspecified atom stereocenters. The Bertz CT molecular complexity index is 601. The predicted molar refractivity (Wildman–Crippen MR) is 73.7 cm³/mol. The van der Waals surface area contributed by atoms with Crippen LogP contribution in [0, 0.1) is 5.41 Å². The first-order chi connectivity index (χ1) is 9.49. The average molecular weight is 346 g/mol. The van der Waals surface area contributed by atoms with Gasteiger partial charge in [0.25, 0.3) is 0 Å². The van der Waals surface area contributed by atoms with E-state index in [1.54, 1.807) is 6.20 Å². The molecule has 1 saturated heterocycles. The van der Waals surface area contributed by atoms with Crippen molar-refractivity contribution < 1.29 is 19.3 Å². The van der Waals surface area contributed by atoms with E-state index in [9.17, 15) is 9.90 Å². The Balaban J connectivity index is 2.20. The molecule has 0 aliphatic carbocycles. The van der Waals surface area contributed by atoms with Gasteiger partial charge in [0.15, 0.2) is 5.75 Å². The lowest BCUT2D eigenvalue weighted by Gasteiger charge is -2.48. The second-order valence-corrected chi connectivity index (χ2v) is 6.26. The Morgan fingerprint density at radius 2 is 2.35 bits per heavy atom.